The summed E-state index contributed by atoms with van der Waals surface area (Å²) in [6.45, 7) is 4.46. The van der Waals surface area contributed by atoms with Crippen LogP contribution in [0.15, 0.2) is 12.3 Å². The van der Waals surface area contributed by atoms with Crippen LogP contribution in [0.4, 0.5) is 10.2 Å². The van der Waals surface area contributed by atoms with E-state index in [1.807, 2.05) is 6.92 Å². The molecule has 0 bridgehead atoms. The van der Waals surface area contributed by atoms with Crippen molar-refractivity contribution < 1.29 is 9.18 Å². The predicted molar refractivity (Wildman–Crippen MR) is 75.3 cm³/mol. The highest BCUT2D eigenvalue weighted by atomic mass is 19.1. The Morgan fingerprint density at radius 2 is 2.29 bits per heavy atom. The van der Waals surface area contributed by atoms with Crippen LogP contribution in [-0.4, -0.2) is 44.6 Å². The maximum absolute atomic E-state index is 13.4. The van der Waals surface area contributed by atoms with Crippen LogP contribution >= 0.6 is 0 Å². The van der Waals surface area contributed by atoms with E-state index in [0.29, 0.717) is 24.0 Å². The van der Waals surface area contributed by atoms with E-state index in [0.717, 1.165) is 6.20 Å². The zero-order chi connectivity index (χ0) is 15.4. The molecule has 8 heteroatoms. The molecule has 2 rings (SSSR count). The molecule has 0 saturated carbocycles. The van der Waals surface area contributed by atoms with Gasteiger partial charge in [-0.3, -0.25) is 9.89 Å². The first-order chi connectivity index (χ1) is 10.0. The van der Waals surface area contributed by atoms with E-state index in [9.17, 15) is 9.18 Å². The second kappa shape index (κ2) is 6.29. The predicted octanol–water partition coefficient (Wildman–Crippen LogP) is 1.35. The summed E-state index contributed by atoms with van der Waals surface area (Å²) < 4.78 is 13.4. The van der Waals surface area contributed by atoms with Crippen molar-refractivity contribution in [3.05, 3.63) is 35.3 Å². The Hall–Kier alpha value is -2.51. The van der Waals surface area contributed by atoms with Crippen LogP contribution in [0.5, 0.6) is 0 Å². The van der Waals surface area contributed by atoms with Crippen molar-refractivity contribution in [2.24, 2.45) is 0 Å². The van der Waals surface area contributed by atoms with Crippen LogP contribution in [0.3, 0.4) is 0 Å². The van der Waals surface area contributed by atoms with Crippen LogP contribution in [0.1, 0.15) is 28.9 Å². The van der Waals surface area contributed by atoms with Crippen molar-refractivity contribution in [2.75, 3.05) is 18.9 Å². The SMILES string of the molecule is CCNc1ncc(F)cc1C(=O)N(C)Cc1n[nH]c(C)n1. The Morgan fingerprint density at radius 3 is 2.90 bits per heavy atom. The Morgan fingerprint density at radius 1 is 1.52 bits per heavy atom. The second-order valence-corrected chi connectivity index (χ2v) is 4.58. The van der Waals surface area contributed by atoms with E-state index in [2.05, 4.69) is 25.5 Å². The van der Waals surface area contributed by atoms with Gasteiger partial charge < -0.3 is 10.2 Å². The minimum Gasteiger partial charge on any atom is -0.370 e. The number of aryl methyl sites for hydroxylation is 1. The number of aromatic amines is 1. The molecule has 0 radical (unpaired) electrons. The maximum Gasteiger partial charge on any atom is 0.257 e. The molecule has 2 aromatic heterocycles. The van der Waals surface area contributed by atoms with Crippen molar-refractivity contribution in [1.82, 2.24) is 25.1 Å². The van der Waals surface area contributed by atoms with Gasteiger partial charge in [0, 0.05) is 13.6 Å². The number of halogens is 1. The number of aromatic nitrogens is 4. The van der Waals surface area contributed by atoms with Gasteiger partial charge in [-0.2, -0.15) is 5.10 Å². The van der Waals surface area contributed by atoms with Gasteiger partial charge in [0.05, 0.1) is 18.3 Å². The van der Waals surface area contributed by atoms with Crippen molar-refractivity contribution in [1.29, 1.82) is 0 Å². The molecule has 0 aliphatic carbocycles. The summed E-state index contributed by atoms with van der Waals surface area (Å²) in [5.74, 6) is 0.633. The zero-order valence-corrected chi connectivity index (χ0v) is 12.1. The third kappa shape index (κ3) is 3.53. The molecule has 2 N–H and O–H groups in total. The number of carbonyl (C=O) groups excluding carboxylic acids is 1. The van der Waals surface area contributed by atoms with Gasteiger partial charge in [-0.1, -0.05) is 0 Å². The van der Waals surface area contributed by atoms with Crippen LogP contribution < -0.4 is 5.32 Å². The molecule has 2 aromatic rings. The monoisotopic (exact) mass is 292 g/mol. The van der Waals surface area contributed by atoms with Gasteiger partial charge in [-0.05, 0) is 19.9 Å². The summed E-state index contributed by atoms with van der Waals surface area (Å²) in [6, 6.07) is 1.17. The topological polar surface area (TPSA) is 86.8 Å². The second-order valence-electron chi connectivity index (χ2n) is 4.58. The van der Waals surface area contributed by atoms with Gasteiger partial charge >= 0.3 is 0 Å². The van der Waals surface area contributed by atoms with Gasteiger partial charge in [0.25, 0.3) is 5.91 Å². The number of hydrogen-bond acceptors (Lipinski definition) is 5. The normalized spacial score (nSPS) is 10.5. The smallest absolute Gasteiger partial charge is 0.257 e. The fourth-order valence-corrected chi connectivity index (χ4v) is 1.86. The number of carbonyl (C=O) groups is 1. The molecule has 0 saturated heterocycles. The summed E-state index contributed by atoms with van der Waals surface area (Å²) in [6.07, 6.45) is 1.08. The molecule has 0 atom stereocenters. The first-order valence-electron chi connectivity index (χ1n) is 6.54. The van der Waals surface area contributed by atoms with Gasteiger partial charge in [0.1, 0.15) is 17.5 Å². The molecule has 0 unspecified atom stereocenters. The fraction of sp³-hybridized carbons (Fsp3) is 0.385. The highest BCUT2D eigenvalue weighted by Crippen LogP contribution is 2.16. The largest absolute Gasteiger partial charge is 0.370 e. The number of nitrogens with one attached hydrogen (secondary N) is 2. The standard InChI is InChI=1S/C13H17FN6O/c1-4-15-12-10(5-9(14)6-16-12)13(21)20(3)7-11-17-8(2)18-19-11/h5-6H,4,7H2,1-3H3,(H,15,16)(H,17,18,19). The molecular formula is C13H17FN6O. The Kier molecular flexibility index (Phi) is 4.46. The zero-order valence-electron chi connectivity index (χ0n) is 12.1. The quantitative estimate of drug-likeness (QED) is 0.868. The first-order valence-corrected chi connectivity index (χ1v) is 6.54. The van der Waals surface area contributed by atoms with E-state index in [4.69, 9.17) is 0 Å². The lowest BCUT2D eigenvalue weighted by molar-refractivity contribution is 0.0781. The van der Waals surface area contributed by atoms with E-state index < -0.39 is 5.82 Å². The molecule has 21 heavy (non-hydrogen) atoms. The molecule has 0 aliphatic heterocycles. The summed E-state index contributed by atoms with van der Waals surface area (Å²) in [4.78, 5) is 21.9. The molecule has 0 fully saturated rings. The highest BCUT2D eigenvalue weighted by Gasteiger charge is 2.19. The van der Waals surface area contributed by atoms with E-state index in [1.165, 1.54) is 11.0 Å². The van der Waals surface area contributed by atoms with Gasteiger partial charge in [-0.15, -0.1) is 0 Å². The fourth-order valence-electron chi connectivity index (χ4n) is 1.86. The van der Waals surface area contributed by atoms with E-state index >= 15 is 0 Å². The Labute approximate surface area is 121 Å². The van der Waals surface area contributed by atoms with Crippen molar-refractivity contribution in [2.45, 2.75) is 20.4 Å². The number of H-pyrrole nitrogens is 1. The third-order valence-electron chi connectivity index (χ3n) is 2.80. The van der Waals surface area contributed by atoms with Crippen LogP contribution in [0.25, 0.3) is 0 Å². The van der Waals surface area contributed by atoms with Gasteiger partial charge in [0.2, 0.25) is 0 Å². The molecule has 0 spiro atoms. The lowest BCUT2D eigenvalue weighted by atomic mass is 10.2. The number of nitrogens with zero attached hydrogens (tertiary/aromatic N) is 4. The minimum atomic E-state index is -0.554. The van der Waals surface area contributed by atoms with Crippen LogP contribution in [-0.2, 0) is 6.54 Å². The van der Waals surface area contributed by atoms with E-state index in [-0.39, 0.29) is 18.0 Å². The number of anilines is 1. The minimum absolute atomic E-state index is 0.187. The van der Waals surface area contributed by atoms with Crippen molar-refractivity contribution in [3.8, 4) is 0 Å². The lowest BCUT2D eigenvalue weighted by Crippen LogP contribution is -2.28. The van der Waals surface area contributed by atoms with Crippen molar-refractivity contribution >= 4 is 11.7 Å². The molecule has 7 nitrogen and oxygen atoms in total. The summed E-state index contributed by atoms with van der Waals surface area (Å²) in [7, 11) is 1.61. The average Bonchev–Trinajstić information content (AvgIpc) is 2.85. The van der Waals surface area contributed by atoms with Crippen LogP contribution in [0, 0.1) is 12.7 Å². The maximum atomic E-state index is 13.4. The summed E-state index contributed by atoms with van der Waals surface area (Å²) >= 11 is 0. The molecule has 1 amide bonds. The molecule has 0 aromatic carbocycles. The third-order valence-corrected chi connectivity index (χ3v) is 2.80. The molecule has 112 valence electrons. The van der Waals surface area contributed by atoms with Gasteiger partial charge in [-0.25, -0.2) is 14.4 Å². The highest BCUT2D eigenvalue weighted by molar-refractivity contribution is 5.98. The number of hydrogen-bond donors (Lipinski definition) is 2. The Bertz CT molecular complexity index is 641. The van der Waals surface area contributed by atoms with E-state index in [1.54, 1.807) is 14.0 Å². The Balaban J connectivity index is 2.20. The molecule has 2 heterocycles. The summed E-state index contributed by atoms with van der Waals surface area (Å²) in [5, 5.41) is 9.63. The number of rotatable bonds is 5. The summed E-state index contributed by atoms with van der Waals surface area (Å²) in [5.41, 5.74) is 0.187. The van der Waals surface area contributed by atoms with Gasteiger partial charge in [0.15, 0.2) is 5.82 Å². The first kappa shape index (κ1) is 14.9. The van der Waals surface area contributed by atoms with Crippen LogP contribution in [0.2, 0.25) is 0 Å². The average molecular weight is 292 g/mol. The number of amides is 1. The lowest BCUT2D eigenvalue weighted by Gasteiger charge is -2.17. The van der Waals surface area contributed by atoms with Crippen molar-refractivity contribution in [3.63, 3.8) is 0 Å². The number of pyridine rings is 1. The molecular weight excluding hydrogens is 275 g/mol. The molecule has 0 aliphatic rings.